The maximum absolute atomic E-state index is 12.2. The minimum atomic E-state index is -0.0898. The van der Waals surface area contributed by atoms with E-state index >= 15 is 0 Å². The average Bonchev–Trinajstić information content (AvgIpc) is 3.14. The van der Waals surface area contributed by atoms with Gasteiger partial charge in [0, 0.05) is 17.5 Å². The molecule has 0 spiro atoms. The summed E-state index contributed by atoms with van der Waals surface area (Å²) in [6.07, 6.45) is 2.32. The maximum atomic E-state index is 12.2. The molecule has 7 heteroatoms. The lowest BCUT2D eigenvalue weighted by molar-refractivity contribution is 0.0935. The second kappa shape index (κ2) is 6.92. The van der Waals surface area contributed by atoms with Crippen molar-refractivity contribution in [3.05, 3.63) is 14.2 Å². The summed E-state index contributed by atoms with van der Waals surface area (Å²) in [5, 5.41) is 3.01. The number of ether oxygens (including phenoxy) is 1. The molecule has 1 atom stereocenters. The zero-order chi connectivity index (χ0) is 13.3. The Bertz CT molecular complexity index is 463. The van der Waals surface area contributed by atoms with Crippen LogP contribution in [-0.4, -0.2) is 25.6 Å². The third kappa shape index (κ3) is 3.62. The fraction of sp³-hybridized carbons (Fsp3) is 0.583. The molecule has 0 aromatic carbocycles. The number of rotatable bonds is 5. The molecule has 1 aromatic rings. The molecule has 1 saturated carbocycles. The highest BCUT2D eigenvalue weighted by atomic mass is 79.9. The third-order valence-electron chi connectivity index (χ3n) is 3.14. The van der Waals surface area contributed by atoms with E-state index in [-0.39, 0.29) is 24.4 Å². The van der Waals surface area contributed by atoms with Gasteiger partial charge in [0.2, 0.25) is 0 Å². The van der Waals surface area contributed by atoms with Gasteiger partial charge in [0.25, 0.3) is 5.91 Å². The predicted octanol–water partition coefficient (Wildman–Crippen LogP) is 2.72. The van der Waals surface area contributed by atoms with Crippen LogP contribution in [-0.2, 0) is 0 Å². The van der Waals surface area contributed by atoms with Crippen LogP contribution in [0.2, 0.25) is 0 Å². The lowest BCUT2D eigenvalue weighted by Gasteiger charge is -2.15. The van der Waals surface area contributed by atoms with Gasteiger partial charge in [0.15, 0.2) is 5.75 Å². The number of halogens is 2. The lowest BCUT2D eigenvalue weighted by atomic mass is 10.2. The first-order valence-corrected chi connectivity index (χ1v) is 7.53. The van der Waals surface area contributed by atoms with Crippen LogP contribution in [0.3, 0.4) is 0 Å². The largest absolute Gasteiger partial charge is 0.494 e. The van der Waals surface area contributed by atoms with Gasteiger partial charge in [-0.1, -0.05) is 0 Å². The fourth-order valence-corrected chi connectivity index (χ4v) is 3.59. The number of nitrogens with two attached hydrogens (primary N) is 1. The maximum Gasteiger partial charge on any atom is 0.265 e. The molecule has 0 radical (unpaired) electrons. The fourth-order valence-electron chi connectivity index (χ4n) is 1.94. The molecular formula is C12H18BrClN2O2S. The molecule has 3 N–H and O–H groups in total. The Hall–Kier alpha value is -0.300. The number of methoxy groups -OCH3 is 1. The van der Waals surface area contributed by atoms with Crippen LogP contribution in [0.1, 0.15) is 27.4 Å². The number of thiophene rings is 1. The van der Waals surface area contributed by atoms with Gasteiger partial charge in [-0.25, -0.2) is 0 Å². The number of hydrogen-bond donors (Lipinski definition) is 2. The van der Waals surface area contributed by atoms with E-state index in [0.717, 1.165) is 22.2 Å². The molecule has 2 rings (SSSR count). The molecule has 1 unspecified atom stereocenters. The number of hydrogen-bond acceptors (Lipinski definition) is 4. The van der Waals surface area contributed by atoms with Crippen molar-refractivity contribution in [2.45, 2.75) is 25.8 Å². The Balaban J connectivity index is 0.00000180. The van der Waals surface area contributed by atoms with Crippen molar-refractivity contribution in [1.82, 2.24) is 5.32 Å². The Morgan fingerprint density at radius 2 is 2.26 bits per heavy atom. The van der Waals surface area contributed by atoms with Crippen molar-refractivity contribution in [3.63, 3.8) is 0 Å². The highest BCUT2D eigenvalue weighted by molar-refractivity contribution is 9.10. The summed E-state index contributed by atoms with van der Waals surface area (Å²) in [6.45, 7) is 2.44. The van der Waals surface area contributed by atoms with E-state index in [1.165, 1.54) is 11.3 Å². The molecular weight excluding hydrogens is 352 g/mol. The van der Waals surface area contributed by atoms with E-state index in [9.17, 15) is 4.79 Å². The van der Waals surface area contributed by atoms with Gasteiger partial charge < -0.3 is 15.8 Å². The summed E-state index contributed by atoms with van der Waals surface area (Å²) >= 11 is 4.87. The van der Waals surface area contributed by atoms with E-state index in [4.69, 9.17) is 10.5 Å². The minimum absolute atomic E-state index is 0. The molecule has 108 valence electrons. The summed E-state index contributed by atoms with van der Waals surface area (Å²) in [5.74, 6) is 1.07. The number of aryl methyl sites for hydroxylation is 1. The summed E-state index contributed by atoms with van der Waals surface area (Å²) in [6, 6.07) is 0.0865. The molecule has 0 aliphatic heterocycles. The van der Waals surface area contributed by atoms with Crippen molar-refractivity contribution in [2.75, 3.05) is 13.7 Å². The Morgan fingerprint density at radius 1 is 1.63 bits per heavy atom. The quantitative estimate of drug-likeness (QED) is 0.839. The van der Waals surface area contributed by atoms with Crippen molar-refractivity contribution in [3.8, 4) is 5.75 Å². The molecule has 19 heavy (non-hydrogen) atoms. The van der Waals surface area contributed by atoms with Crippen LogP contribution in [0.15, 0.2) is 4.47 Å². The van der Waals surface area contributed by atoms with E-state index in [1.807, 2.05) is 6.92 Å². The molecule has 4 nitrogen and oxygen atoms in total. The summed E-state index contributed by atoms with van der Waals surface area (Å²) in [5.41, 5.74) is 5.69. The molecule has 1 fully saturated rings. The summed E-state index contributed by atoms with van der Waals surface area (Å²) in [4.78, 5) is 13.9. The topological polar surface area (TPSA) is 64.3 Å². The summed E-state index contributed by atoms with van der Waals surface area (Å²) < 4.78 is 6.14. The van der Waals surface area contributed by atoms with Crippen molar-refractivity contribution in [1.29, 1.82) is 0 Å². The standard InChI is InChI=1S/C12H17BrN2O2S.ClH/c1-6-9(13)10(17-2)11(18-6)12(16)15-8(5-14)7-3-4-7;/h7-8H,3-5,14H2,1-2H3,(H,15,16);1H. The first-order valence-electron chi connectivity index (χ1n) is 5.92. The van der Waals surface area contributed by atoms with Crippen LogP contribution < -0.4 is 15.8 Å². The normalized spacial score (nSPS) is 15.6. The molecule has 0 bridgehead atoms. The second-order valence-electron chi connectivity index (χ2n) is 4.49. The van der Waals surface area contributed by atoms with Gasteiger partial charge in [0.1, 0.15) is 4.88 Å². The van der Waals surface area contributed by atoms with Crippen LogP contribution in [0.25, 0.3) is 0 Å². The van der Waals surface area contributed by atoms with Crippen LogP contribution in [0.4, 0.5) is 0 Å². The van der Waals surface area contributed by atoms with Gasteiger partial charge in [0.05, 0.1) is 11.6 Å². The second-order valence-corrected chi connectivity index (χ2v) is 6.51. The molecule has 1 aliphatic carbocycles. The lowest BCUT2D eigenvalue weighted by Crippen LogP contribution is -2.41. The molecule has 1 aromatic heterocycles. The van der Waals surface area contributed by atoms with Crippen molar-refractivity contribution >= 4 is 45.6 Å². The Morgan fingerprint density at radius 3 is 2.74 bits per heavy atom. The highest BCUT2D eigenvalue weighted by Gasteiger charge is 2.32. The smallest absolute Gasteiger partial charge is 0.265 e. The van der Waals surface area contributed by atoms with E-state index in [1.54, 1.807) is 7.11 Å². The SMILES string of the molecule is COc1c(C(=O)NC(CN)C2CC2)sc(C)c1Br.Cl. The molecule has 1 amide bonds. The predicted molar refractivity (Wildman–Crippen MR) is 83.6 cm³/mol. The number of amides is 1. The molecule has 0 saturated heterocycles. The van der Waals surface area contributed by atoms with Crippen molar-refractivity contribution in [2.24, 2.45) is 11.7 Å². The van der Waals surface area contributed by atoms with Gasteiger partial charge in [-0.15, -0.1) is 23.7 Å². The summed E-state index contributed by atoms with van der Waals surface area (Å²) in [7, 11) is 1.57. The monoisotopic (exact) mass is 368 g/mol. The van der Waals surface area contributed by atoms with E-state index in [2.05, 4.69) is 21.2 Å². The third-order valence-corrected chi connectivity index (χ3v) is 5.44. The number of carbonyl (C=O) groups is 1. The first kappa shape index (κ1) is 16.8. The van der Waals surface area contributed by atoms with Gasteiger partial charge in [-0.2, -0.15) is 0 Å². The average molecular weight is 370 g/mol. The van der Waals surface area contributed by atoms with Gasteiger partial charge in [-0.05, 0) is 41.6 Å². The van der Waals surface area contributed by atoms with E-state index in [0.29, 0.717) is 23.1 Å². The Labute approximate surface area is 131 Å². The first-order chi connectivity index (χ1) is 8.58. The van der Waals surface area contributed by atoms with Gasteiger partial charge >= 0.3 is 0 Å². The minimum Gasteiger partial charge on any atom is -0.494 e. The zero-order valence-corrected chi connectivity index (χ0v) is 14.1. The van der Waals surface area contributed by atoms with E-state index < -0.39 is 0 Å². The zero-order valence-electron chi connectivity index (χ0n) is 10.9. The van der Waals surface area contributed by atoms with Crippen LogP contribution in [0, 0.1) is 12.8 Å². The molecule has 1 aliphatic rings. The van der Waals surface area contributed by atoms with Crippen molar-refractivity contribution < 1.29 is 9.53 Å². The van der Waals surface area contributed by atoms with Crippen LogP contribution in [0.5, 0.6) is 5.75 Å². The Kier molecular flexibility index (Phi) is 6.11. The molecule has 1 heterocycles. The number of nitrogens with one attached hydrogen (secondary N) is 1. The number of carbonyl (C=O) groups excluding carboxylic acids is 1. The van der Waals surface area contributed by atoms with Crippen LogP contribution >= 0.6 is 39.7 Å². The highest BCUT2D eigenvalue weighted by Crippen LogP contribution is 2.39. The van der Waals surface area contributed by atoms with Gasteiger partial charge in [-0.3, -0.25) is 4.79 Å².